The van der Waals surface area contributed by atoms with E-state index in [0.29, 0.717) is 39.4 Å². The Bertz CT molecular complexity index is 1390. The molecule has 2 unspecified atom stereocenters. The van der Waals surface area contributed by atoms with Crippen LogP contribution < -0.4 is 30.7 Å². The van der Waals surface area contributed by atoms with Crippen LogP contribution in [0.5, 0.6) is 0 Å². The first kappa shape index (κ1) is 69.5. The van der Waals surface area contributed by atoms with Crippen molar-refractivity contribution in [2.24, 2.45) is 5.92 Å². The van der Waals surface area contributed by atoms with Gasteiger partial charge in [0, 0.05) is 50.7 Å². The molecule has 0 bridgehead atoms. The van der Waals surface area contributed by atoms with Gasteiger partial charge in [-0.15, -0.1) is 0 Å². The maximum Gasteiger partial charge on any atom is 0.326 e. The van der Waals surface area contributed by atoms with Crippen LogP contribution >= 0.6 is 22.2 Å². The van der Waals surface area contributed by atoms with Gasteiger partial charge in [-0.3, -0.25) is 28.7 Å². The largest absolute Gasteiger partial charge is 0.480 e. The Balaban J connectivity index is 3.76. The van der Waals surface area contributed by atoms with Gasteiger partial charge in [0.25, 0.3) is 0 Å². The third-order valence-corrected chi connectivity index (χ3v) is 13.9. The number of carbonyl (C=O) groups is 6. The van der Waals surface area contributed by atoms with Gasteiger partial charge >= 0.3 is 5.97 Å². The molecular formula is C53H106N6O11S2. The van der Waals surface area contributed by atoms with E-state index in [1.807, 2.05) is 26.4 Å². The summed E-state index contributed by atoms with van der Waals surface area (Å²) in [7, 11) is 0. The van der Waals surface area contributed by atoms with E-state index in [1.54, 1.807) is 0 Å². The zero-order valence-electron chi connectivity index (χ0n) is 46.2. The highest BCUT2D eigenvalue weighted by atomic mass is 32.2. The number of unbranched alkanes of at least 4 members (excludes halogenated alkanes) is 17. The summed E-state index contributed by atoms with van der Waals surface area (Å²) >= 11 is -0.881. The molecule has 0 heterocycles. The standard InChI is InChI=1S/C53H106N6O11S2/c1-8-9-10-11-12-13-14-15-16-17-18-19-20-21-22-23-24-28-51(63)57-47(53(65)66)29-30-49(61)55-34-38-69-43-41-68-37-32-50(62)56-35-39-70-42-40-67-36-31-48(60)44(2)45(3)54-33-26-25-27-46(58-71(4)5)52(64)59-72(6)7/h44-47,54,58,71-72H,8-43H2,1-7H3,(H,55,61)(H,56,62)(H,57,63)(H,59,64)(H,65,66)/t44-,45-,46?,47?/m1/s1. The number of Topliss-reactive ketones (excluding diaryl/α,β-unsaturated/α-hetero) is 1. The van der Waals surface area contributed by atoms with Gasteiger partial charge < -0.3 is 50.0 Å². The number of ether oxygens (including phenoxy) is 4. The second kappa shape index (κ2) is 49.4. The van der Waals surface area contributed by atoms with Gasteiger partial charge in [-0.25, -0.2) is 15.9 Å². The fourth-order valence-corrected chi connectivity index (χ4v) is 9.31. The fourth-order valence-electron chi connectivity index (χ4n) is 7.84. The average Bonchev–Trinajstić information content (AvgIpc) is 3.33. The summed E-state index contributed by atoms with van der Waals surface area (Å²) in [5.41, 5.74) is 0. The Morgan fingerprint density at radius 2 is 0.944 bits per heavy atom. The molecule has 0 saturated carbocycles. The molecule has 0 radical (unpaired) electrons. The first-order valence-corrected chi connectivity index (χ1v) is 32.2. The molecule has 17 nitrogen and oxygen atoms in total. The maximum absolute atomic E-state index is 12.7. The summed E-state index contributed by atoms with van der Waals surface area (Å²) in [5, 5.41) is 21.1. The van der Waals surface area contributed by atoms with Crippen molar-refractivity contribution in [3.63, 3.8) is 0 Å². The average molecular weight is 1070 g/mol. The van der Waals surface area contributed by atoms with E-state index in [9.17, 15) is 33.9 Å². The first-order chi connectivity index (χ1) is 34.7. The van der Waals surface area contributed by atoms with Crippen molar-refractivity contribution in [1.29, 1.82) is 0 Å². The second-order valence-corrected chi connectivity index (χ2v) is 23.6. The van der Waals surface area contributed by atoms with Crippen molar-refractivity contribution in [1.82, 2.24) is 30.7 Å². The van der Waals surface area contributed by atoms with Gasteiger partial charge in [-0.2, -0.15) is 11.1 Å². The number of carboxylic acid groups (broad SMARTS) is 1. The van der Waals surface area contributed by atoms with Crippen molar-refractivity contribution in [3.05, 3.63) is 0 Å². The third-order valence-electron chi connectivity index (χ3n) is 12.4. The predicted octanol–water partition coefficient (Wildman–Crippen LogP) is 7.24. The van der Waals surface area contributed by atoms with Crippen LogP contribution in [0.25, 0.3) is 0 Å². The molecule has 0 aromatic heterocycles. The van der Waals surface area contributed by atoms with Crippen molar-refractivity contribution in [2.45, 2.75) is 199 Å². The summed E-state index contributed by atoms with van der Waals surface area (Å²) in [6.07, 6.45) is 33.1. The number of nitrogens with one attached hydrogen (secondary N) is 6. The number of hydrogen-bond acceptors (Lipinski definition) is 12. The van der Waals surface area contributed by atoms with Gasteiger partial charge in [-0.05, 0) is 64.2 Å². The SMILES string of the molecule is CCCCCCCCCCCCCCCCCCCC(=O)NC(CCC(=O)NCCOCCOCCC(=O)NCCOCCOCCC(=O)[C@H](C)[C@@H](C)NCCCCC(N[SH](C)C)C(=O)N[SH](C)C)C(=O)O. The number of carbonyl (C=O) groups excluding carboxylic acids is 5. The van der Waals surface area contributed by atoms with E-state index in [0.717, 1.165) is 45.1 Å². The molecule has 0 aliphatic carbocycles. The van der Waals surface area contributed by atoms with E-state index >= 15 is 0 Å². The van der Waals surface area contributed by atoms with Crippen LogP contribution in [0.15, 0.2) is 0 Å². The molecule has 0 aliphatic heterocycles. The van der Waals surface area contributed by atoms with Gasteiger partial charge in [0.2, 0.25) is 23.6 Å². The fraction of sp³-hybridized carbons (Fsp3) is 0.887. The lowest BCUT2D eigenvalue weighted by molar-refractivity contribution is -0.142. The molecule has 0 rings (SSSR count). The molecule has 7 N–H and O–H groups in total. The quantitative estimate of drug-likeness (QED) is 0.0216. The van der Waals surface area contributed by atoms with E-state index < -0.39 is 23.1 Å². The van der Waals surface area contributed by atoms with Gasteiger partial charge in [-0.1, -0.05) is 123 Å². The Kier molecular flexibility index (Phi) is 47.6. The van der Waals surface area contributed by atoms with Crippen molar-refractivity contribution in [2.75, 3.05) is 97.5 Å². The molecule has 0 aromatic carbocycles. The molecule has 0 fully saturated rings. The zero-order chi connectivity index (χ0) is 53.5. The number of thiol groups is 2. The van der Waals surface area contributed by atoms with Crippen LogP contribution in [0, 0.1) is 5.92 Å². The smallest absolute Gasteiger partial charge is 0.326 e. The molecule has 4 atom stereocenters. The van der Waals surface area contributed by atoms with Crippen molar-refractivity contribution < 1.29 is 52.8 Å². The Morgan fingerprint density at radius 3 is 1.43 bits per heavy atom. The van der Waals surface area contributed by atoms with Crippen LogP contribution in [-0.4, -0.2) is 156 Å². The van der Waals surface area contributed by atoms with Crippen LogP contribution in [0.2, 0.25) is 0 Å². The summed E-state index contributed by atoms with van der Waals surface area (Å²) in [6.45, 7) is 9.99. The van der Waals surface area contributed by atoms with Gasteiger partial charge in [0.05, 0.1) is 58.9 Å². The van der Waals surface area contributed by atoms with E-state index in [1.165, 1.54) is 89.9 Å². The molecular weight excluding hydrogens is 961 g/mol. The summed E-state index contributed by atoms with van der Waals surface area (Å²) in [6, 6.07) is -1.24. The highest BCUT2D eigenvalue weighted by Gasteiger charge is 2.22. The summed E-state index contributed by atoms with van der Waals surface area (Å²) < 4.78 is 28.6. The number of rotatable bonds is 53. The molecule has 19 heteroatoms. The third kappa shape index (κ3) is 44.9. The predicted molar refractivity (Wildman–Crippen MR) is 298 cm³/mol. The molecule has 0 aliphatic rings. The van der Waals surface area contributed by atoms with E-state index in [4.69, 9.17) is 18.9 Å². The molecule has 426 valence electrons. The highest BCUT2D eigenvalue weighted by Crippen LogP contribution is 2.17. The van der Waals surface area contributed by atoms with E-state index in [2.05, 4.69) is 50.1 Å². The van der Waals surface area contributed by atoms with Gasteiger partial charge in [0.1, 0.15) is 11.8 Å². The summed E-state index contributed by atoms with van der Waals surface area (Å²) in [5.74, 6) is -1.85. The Hall–Kier alpha value is -2.52. The minimum absolute atomic E-state index is 0.00384. The van der Waals surface area contributed by atoms with E-state index in [-0.39, 0.29) is 117 Å². The Labute approximate surface area is 442 Å². The maximum atomic E-state index is 12.7. The number of hydrogen-bond donors (Lipinski definition) is 9. The van der Waals surface area contributed by atoms with Crippen molar-refractivity contribution >= 4 is 57.5 Å². The van der Waals surface area contributed by atoms with Crippen LogP contribution in [0.4, 0.5) is 0 Å². The lowest BCUT2D eigenvalue weighted by atomic mass is 9.96. The number of carboxylic acids is 1. The van der Waals surface area contributed by atoms with Crippen LogP contribution in [0.1, 0.15) is 181 Å². The lowest BCUT2D eigenvalue weighted by Crippen LogP contribution is -2.41. The van der Waals surface area contributed by atoms with Gasteiger partial charge in [0.15, 0.2) is 0 Å². The molecule has 0 spiro atoms. The molecule has 0 aromatic rings. The number of amides is 4. The monoisotopic (exact) mass is 1070 g/mol. The lowest BCUT2D eigenvalue weighted by Gasteiger charge is -2.24. The van der Waals surface area contributed by atoms with Crippen LogP contribution in [-0.2, 0) is 47.7 Å². The first-order valence-electron chi connectivity index (χ1n) is 27.7. The zero-order valence-corrected chi connectivity index (χ0v) is 48.0. The minimum Gasteiger partial charge on any atom is -0.480 e. The summed E-state index contributed by atoms with van der Waals surface area (Å²) in [4.78, 5) is 73.7. The van der Waals surface area contributed by atoms with Crippen LogP contribution in [0.3, 0.4) is 0 Å². The second-order valence-electron chi connectivity index (χ2n) is 19.5. The minimum atomic E-state index is -1.15. The number of ketones is 1. The van der Waals surface area contributed by atoms with Crippen molar-refractivity contribution in [3.8, 4) is 0 Å². The molecule has 4 amide bonds. The molecule has 0 saturated heterocycles. The normalized spacial score (nSPS) is 13.4. The topological polar surface area (TPSA) is 232 Å². The number of aliphatic carboxylic acids is 1. The Morgan fingerprint density at radius 1 is 0.472 bits per heavy atom. The highest BCUT2D eigenvalue weighted by molar-refractivity contribution is 8.14. The molecule has 72 heavy (non-hydrogen) atoms.